The van der Waals surface area contributed by atoms with Gasteiger partial charge in [-0.25, -0.2) is 4.39 Å². The zero-order chi connectivity index (χ0) is 21.0. The third-order valence-corrected chi connectivity index (χ3v) is 5.20. The van der Waals surface area contributed by atoms with Crippen molar-refractivity contribution in [2.75, 3.05) is 18.9 Å². The minimum absolute atomic E-state index is 0.179. The lowest BCUT2D eigenvalue weighted by atomic mass is 9.92. The van der Waals surface area contributed by atoms with E-state index in [1.807, 2.05) is 25.1 Å². The van der Waals surface area contributed by atoms with Gasteiger partial charge >= 0.3 is 0 Å². The van der Waals surface area contributed by atoms with E-state index < -0.39 is 0 Å². The lowest BCUT2D eigenvalue weighted by Gasteiger charge is -2.22. The minimum Gasteiger partial charge on any atom is -0.404 e. The molecule has 2 aromatic rings. The van der Waals surface area contributed by atoms with E-state index in [1.54, 1.807) is 25.4 Å². The Morgan fingerprint density at radius 1 is 1.34 bits per heavy atom. The average molecular weight is 414 g/mol. The molecule has 0 bridgehead atoms. The second-order valence-electron chi connectivity index (χ2n) is 6.88. The molecule has 0 aromatic heterocycles. The molecule has 1 aliphatic rings. The molecule has 152 valence electrons. The number of fused-ring (bicyclic) bond motifs is 1. The van der Waals surface area contributed by atoms with Crippen LogP contribution in [0.2, 0.25) is 5.02 Å². The molecule has 0 radical (unpaired) electrons. The summed E-state index contributed by atoms with van der Waals surface area (Å²) in [5, 5.41) is 7.03. The summed E-state index contributed by atoms with van der Waals surface area (Å²) in [6.07, 6.45) is 3.93. The highest BCUT2D eigenvalue weighted by atomic mass is 35.5. The lowest BCUT2D eigenvalue weighted by molar-refractivity contribution is 0.619. The maximum atomic E-state index is 14.4. The van der Waals surface area contributed by atoms with Gasteiger partial charge < -0.3 is 22.1 Å². The molecule has 7 heteroatoms. The van der Waals surface area contributed by atoms with Crippen LogP contribution in [0.4, 0.5) is 10.1 Å². The van der Waals surface area contributed by atoms with Gasteiger partial charge in [0.1, 0.15) is 5.82 Å². The first-order valence-electron chi connectivity index (χ1n) is 9.35. The van der Waals surface area contributed by atoms with Crippen LogP contribution in [0.25, 0.3) is 11.3 Å². The van der Waals surface area contributed by atoms with Crippen LogP contribution in [0.15, 0.2) is 53.3 Å². The summed E-state index contributed by atoms with van der Waals surface area (Å²) in [6.45, 7) is 2.53. The highest BCUT2D eigenvalue weighted by Crippen LogP contribution is 2.36. The summed E-state index contributed by atoms with van der Waals surface area (Å²) in [6, 6.07) is 10.5. The van der Waals surface area contributed by atoms with Gasteiger partial charge in [0, 0.05) is 42.8 Å². The summed E-state index contributed by atoms with van der Waals surface area (Å²) in [4.78, 5) is 4.07. The summed E-state index contributed by atoms with van der Waals surface area (Å²) in [5.74, 6) is -0.390. The summed E-state index contributed by atoms with van der Waals surface area (Å²) in [7, 11) is 1.69. The van der Waals surface area contributed by atoms with E-state index >= 15 is 0 Å². The van der Waals surface area contributed by atoms with Crippen LogP contribution in [0.5, 0.6) is 0 Å². The number of aliphatic imine (C=N–C) groups is 1. The van der Waals surface area contributed by atoms with Crippen LogP contribution in [0, 0.1) is 5.82 Å². The van der Waals surface area contributed by atoms with Crippen molar-refractivity contribution in [3.63, 3.8) is 0 Å². The molecule has 2 aromatic carbocycles. The molecule has 1 atom stereocenters. The van der Waals surface area contributed by atoms with Crippen LogP contribution >= 0.6 is 11.6 Å². The Morgan fingerprint density at radius 2 is 2.14 bits per heavy atom. The van der Waals surface area contributed by atoms with Crippen LogP contribution < -0.4 is 22.1 Å². The zero-order valence-corrected chi connectivity index (χ0v) is 17.2. The van der Waals surface area contributed by atoms with Crippen molar-refractivity contribution in [3.05, 3.63) is 75.8 Å². The molecule has 1 heterocycles. The fourth-order valence-corrected chi connectivity index (χ4v) is 3.73. The molecule has 0 aliphatic carbocycles. The molecule has 6 N–H and O–H groups in total. The number of nitrogens with two attached hydrogens (primary N) is 2. The van der Waals surface area contributed by atoms with E-state index in [2.05, 4.69) is 15.6 Å². The first-order valence-corrected chi connectivity index (χ1v) is 9.73. The number of allylic oxidation sites excluding steroid dienone is 2. The number of hydrogen-bond acceptors (Lipinski definition) is 5. The zero-order valence-electron chi connectivity index (χ0n) is 16.5. The predicted molar refractivity (Wildman–Crippen MR) is 120 cm³/mol. The molecule has 1 aliphatic heterocycles. The highest BCUT2D eigenvalue weighted by molar-refractivity contribution is 6.33. The van der Waals surface area contributed by atoms with Gasteiger partial charge in [-0.05, 0) is 42.7 Å². The van der Waals surface area contributed by atoms with Gasteiger partial charge in [-0.15, -0.1) is 0 Å². The largest absolute Gasteiger partial charge is 0.404 e. The quantitative estimate of drug-likeness (QED) is 0.563. The SMILES string of the molecule is CN=CC(=CN)c1ccc2c(c1)C(Nc1c(F)cccc1Cl)CCN/C2=C(/C)N. The van der Waals surface area contributed by atoms with Gasteiger partial charge in [0.15, 0.2) is 0 Å². The highest BCUT2D eigenvalue weighted by Gasteiger charge is 2.24. The van der Waals surface area contributed by atoms with Crippen molar-refractivity contribution >= 4 is 34.8 Å². The normalized spacial score (nSPS) is 18.8. The van der Waals surface area contributed by atoms with Crippen molar-refractivity contribution < 1.29 is 4.39 Å². The Hall–Kier alpha value is -2.99. The molecule has 1 unspecified atom stereocenters. The molecule has 0 saturated heterocycles. The van der Waals surface area contributed by atoms with E-state index in [0.29, 0.717) is 23.7 Å². The molecule has 0 amide bonds. The van der Waals surface area contributed by atoms with Gasteiger partial charge in [-0.2, -0.15) is 0 Å². The topological polar surface area (TPSA) is 88.5 Å². The maximum Gasteiger partial charge on any atom is 0.147 e. The summed E-state index contributed by atoms with van der Waals surface area (Å²) in [5.41, 5.74) is 17.4. The summed E-state index contributed by atoms with van der Waals surface area (Å²) < 4.78 is 14.4. The minimum atomic E-state index is -0.390. The third kappa shape index (κ3) is 4.38. The van der Waals surface area contributed by atoms with E-state index in [4.69, 9.17) is 23.1 Å². The lowest BCUT2D eigenvalue weighted by Crippen LogP contribution is -2.17. The molecule has 0 spiro atoms. The molecule has 3 rings (SSSR count). The second kappa shape index (κ2) is 9.01. The maximum absolute atomic E-state index is 14.4. The fourth-order valence-electron chi connectivity index (χ4n) is 3.52. The number of nitrogens with zero attached hydrogens (tertiary/aromatic N) is 1. The number of nitrogens with one attached hydrogen (secondary N) is 2. The monoisotopic (exact) mass is 413 g/mol. The van der Waals surface area contributed by atoms with Crippen molar-refractivity contribution in [2.24, 2.45) is 16.5 Å². The van der Waals surface area contributed by atoms with Gasteiger partial charge in [0.2, 0.25) is 0 Å². The van der Waals surface area contributed by atoms with Crippen LogP contribution in [-0.4, -0.2) is 19.8 Å². The molecule has 0 saturated carbocycles. The Balaban J connectivity index is 2.14. The number of hydrogen-bond donors (Lipinski definition) is 4. The summed E-state index contributed by atoms with van der Waals surface area (Å²) >= 11 is 6.25. The van der Waals surface area contributed by atoms with Gasteiger partial charge in [0.25, 0.3) is 0 Å². The smallest absolute Gasteiger partial charge is 0.147 e. The number of benzene rings is 2. The van der Waals surface area contributed by atoms with Crippen molar-refractivity contribution in [2.45, 2.75) is 19.4 Å². The van der Waals surface area contributed by atoms with Crippen LogP contribution in [0.3, 0.4) is 0 Å². The number of anilines is 1. The first-order chi connectivity index (χ1) is 14.0. The van der Waals surface area contributed by atoms with E-state index in [1.165, 1.54) is 12.3 Å². The van der Waals surface area contributed by atoms with Crippen LogP contribution in [0.1, 0.15) is 36.1 Å². The number of halogens is 2. The van der Waals surface area contributed by atoms with Crippen molar-refractivity contribution in [3.8, 4) is 0 Å². The van der Waals surface area contributed by atoms with E-state index in [0.717, 1.165) is 28.0 Å². The van der Waals surface area contributed by atoms with Crippen molar-refractivity contribution in [1.82, 2.24) is 5.32 Å². The Labute approximate surface area is 175 Å². The van der Waals surface area contributed by atoms with E-state index in [9.17, 15) is 4.39 Å². The van der Waals surface area contributed by atoms with E-state index in [-0.39, 0.29) is 17.5 Å². The number of rotatable bonds is 4. The van der Waals surface area contributed by atoms with Crippen LogP contribution in [-0.2, 0) is 0 Å². The second-order valence-corrected chi connectivity index (χ2v) is 7.29. The molecule has 0 fully saturated rings. The van der Waals surface area contributed by atoms with Crippen molar-refractivity contribution in [1.29, 1.82) is 0 Å². The standard InChI is InChI=1S/C22H25ClFN5/c1-13(26)21-16-7-6-14(15(11-25)12-27-2)10-17(16)20(8-9-28-21)29-22-18(23)4-3-5-19(22)24/h3-7,10-12,20,28-29H,8-9,25-26H2,1-2H3/b15-11?,21-13-,27-12?. The first kappa shape index (κ1) is 20.7. The average Bonchev–Trinajstić information content (AvgIpc) is 2.88. The van der Waals surface area contributed by atoms with Gasteiger partial charge in [-0.1, -0.05) is 29.8 Å². The van der Waals surface area contributed by atoms with Gasteiger partial charge in [0.05, 0.1) is 22.4 Å². The Bertz CT molecular complexity index is 972. The van der Waals surface area contributed by atoms with Gasteiger partial charge in [-0.3, -0.25) is 4.99 Å². The Morgan fingerprint density at radius 3 is 2.79 bits per heavy atom. The fraction of sp³-hybridized carbons (Fsp3) is 0.227. The molecular weight excluding hydrogens is 389 g/mol. The molecule has 5 nitrogen and oxygen atoms in total. The molecule has 29 heavy (non-hydrogen) atoms. The third-order valence-electron chi connectivity index (χ3n) is 4.89. The molecular formula is C22H25ClFN5. The number of para-hydroxylation sites is 1. The predicted octanol–water partition coefficient (Wildman–Crippen LogP) is 4.27. The Kier molecular flexibility index (Phi) is 6.44.